The summed E-state index contributed by atoms with van der Waals surface area (Å²) >= 11 is 0. The van der Waals surface area contributed by atoms with E-state index in [4.69, 9.17) is 4.74 Å². The molecule has 1 rings (SSSR count). The van der Waals surface area contributed by atoms with E-state index in [1.807, 2.05) is 14.8 Å². The maximum Gasteiger partial charge on any atom is 0.267 e. The number of hydrogen-bond acceptors (Lipinski definition) is 2. The summed E-state index contributed by atoms with van der Waals surface area (Å²) in [7, 11) is -1.13. The van der Waals surface area contributed by atoms with Crippen molar-refractivity contribution in [1.82, 2.24) is 5.09 Å². The Bertz CT molecular complexity index is 239. The zero-order valence-electron chi connectivity index (χ0n) is 9.06. The monoisotopic (exact) mass is 219 g/mol. The third kappa shape index (κ3) is 3.09. The fourth-order valence-electron chi connectivity index (χ4n) is 1.83. The highest BCUT2D eigenvalue weighted by Gasteiger charge is 2.34. The molecule has 0 aliphatic carbocycles. The average Bonchev–Trinajstić information content (AvgIpc) is 2.45. The second-order valence-electron chi connectivity index (χ2n) is 3.88. The average molecular weight is 219 g/mol. The highest BCUT2D eigenvalue weighted by atomic mass is 31.2. The molecule has 6 heteroatoms. The van der Waals surface area contributed by atoms with Gasteiger partial charge in [-0.05, 0) is 12.8 Å². The Labute approximate surface area is 86.3 Å². The minimum Gasteiger partial charge on any atom is -0.382 e. The SMILES string of the molecule is B[C@H]1CC(NP(=O)(O)CC)[C@@H](CC)O1. The van der Waals surface area contributed by atoms with Crippen molar-refractivity contribution in [3.8, 4) is 0 Å². The molecule has 0 amide bonds. The van der Waals surface area contributed by atoms with Gasteiger partial charge in [0.05, 0.1) is 6.10 Å². The smallest absolute Gasteiger partial charge is 0.267 e. The fourth-order valence-corrected chi connectivity index (χ4v) is 2.80. The molecule has 0 aromatic heterocycles. The van der Waals surface area contributed by atoms with E-state index in [1.54, 1.807) is 6.92 Å². The third-order valence-corrected chi connectivity index (χ3v) is 4.23. The Morgan fingerprint density at radius 3 is 2.79 bits per heavy atom. The summed E-state index contributed by atoms with van der Waals surface area (Å²) in [6, 6.07) is 0.222. The van der Waals surface area contributed by atoms with E-state index in [1.165, 1.54) is 0 Å². The molecule has 4 nitrogen and oxygen atoms in total. The van der Waals surface area contributed by atoms with Gasteiger partial charge in [0, 0.05) is 18.2 Å². The lowest BCUT2D eigenvalue weighted by atomic mass is 9.95. The van der Waals surface area contributed by atoms with E-state index in [0.717, 1.165) is 12.8 Å². The van der Waals surface area contributed by atoms with Crippen molar-refractivity contribution in [1.29, 1.82) is 0 Å². The number of nitrogens with one attached hydrogen (secondary N) is 1. The van der Waals surface area contributed by atoms with Crippen LogP contribution in [-0.4, -0.2) is 37.1 Å². The lowest BCUT2D eigenvalue weighted by Crippen LogP contribution is -2.34. The Morgan fingerprint density at radius 2 is 2.29 bits per heavy atom. The maximum absolute atomic E-state index is 11.5. The second kappa shape index (κ2) is 4.80. The normalized spacial score (nSPS) is 36.9. The predicted octanol–water partition coefficient (Wildman–Crippen LogP) is 0.308. The van der Waals surface area contributed by atoms with Gasteiger partial charge >= 0.3 is 0 Å². The minimum absolute atomic E-state index is 0.0331. The summed E-state index contributed by atoms with van der Waals surface area (Å²) in [6.07, 6.45) is 2.06. The zero-order valence-corrected chi connectivity index (χ0v) is 9.96. The van der Waals surface area contributed by atoms with Crippen molar-refractivity contribution in [2.24, 2.45) is 0 Å². The lowest BCUT2D eigenvalue weighted by Gasteiger charge is -2.21. The molecule has 0 aromatic carbocycles. The van der Waals surface area contributed by atoms with Crippen LogP contribution in [0.3, 0.4) is 0 Å². The molecule has 0 radical (unpaired) electrons. The van der Waals surface area contributed by atoms with Crippen molar-refractivity contribution >= 4 is 15.4 Å². The minimum atomic E-state index is -3.13. The molecule has 82 valence electrons. The van der Waals surface area contributed by atoms with Crippen LogP contribution in [0.25, 0.3) is 0 Å². The van der Waals surface area contributed by atoms with E-state index in [-0.39, 0.29) is 24.3 Å². The molecule has 0 aromatic rings. The summed E-state index contributed by atoms with van der Waals surface area (Å²) in [5.74, 6) is 0. The highest BCUT2D eigenvalue weighted by molar-refractivity contribution is 7.55. The molecule has 1 heterocycles. The third-order valence-electron chi connectivity index (χ3n) is 2.64. The zero-order chi connectivity index (χ0) is 10.8. The Kier molecular flexibility index (Phi) is 4.20. The summed E-state index contributed by atoms with van der Waals surface area (Å²) in [5.41, 5.74) is 0. The summed E-state index contributed by atoms with van der Waals surface area (Å²) in [4.78, 5) is 9.47. The van der Waals surface area contributed by atoms with Crippen LogP contribution in [0.15, 0.2) is 0 Å². The van der Waals surface area contributed by atoms with E-state index in [0.29, 0.717) is 0 Å². The Balaban J connectivity index is 2.55. The summed E-state index contributed by atoms with van der Waals surface area (Å²) < 4.78 is 17.1. The van der Waals surface area contributed by atoms with Crippen LogP contribution in [-0.2, 0) is 9.30 Å². The van der Waals surface area contributed by atoms with Crippen molar-refractivity contribution in [3.63, 3.8) is 0 Å². The molecule has 4 atom stereocenters. The van der Waals surface area contributed by atoms with Crippen molar-refractivity contribution < 1.29 is 14.2 Å². The lowest BCUT2D eigenvalue weighted by molar-refractivity contribution is 0.0779. The first-order valence-corrected chi connectivity index (χ1v) is 7.08. The van der Waals surface area contributed by atoms with Crippen molar-refractivity contribution in [2.75, 3.05) is 6.16 Å². The van der Waals surface area contributed by atoms with E-state index in [2.05, 4.69) is 5.09 Å². The van der Waals surface area contributed by atoms with Crippen LogP contribution in [0.2, 0.25) is 0 Å². The standard InChI is InChI=1S/C8H19BNO3P/c1-3-7-6(5-8(9)13-7)10-14(11,12)4-2/h6-8H,3-5,9H2,1-2H3,(H2,10,11,12)/t6?,7-,8-/m1/s1. The van der Waals surface area contributed by atoms with E-state index < -0.39 is 7.52 Å². The van der Waals surface area contributed by atoms with Crippen molar-refractivity contribution in [3.05, 3.63) is 0 Å². The van der Waals surface area contributed by atoms with E-state index >= 15 is 0 Å². The van der Waals surface area contributed by atoms with Crippen LogP contribution < -0.4 is 5.09 Å². The van der Waals surface area contributed by atoms with Crippen LogP contribution in [0.4, 0.5) is 0 Å². The Hall–Kier alpha value is 0.175. The molecule has 1 aliphatic heterocycles. The molecule has 0 spiro atoms. The summed E-state index contributed by atoms with van der Waals surface area (Å²) in [5, 5.41) is 2.82. The first-order valence-electron chi connectivity index (χ1n) is 5.23. The van der Waals surface area contributed by atoms with Gasteiger partial charge in [0.15, 0.2) is 0 Å². The van der Waals surface area contributed by atoms with Crippen LogP contribution in [0, 0.1) is 0 Å². The number of rotatable bonds is 4. The van der Waals surface area contributed by atoms with E-state index in [9.17, 15) is 9.46 Å². The Morgan fingerprint density at radius 1 is 1.64 bits per heavy atom. The molecule has 1 saturated heterocycles. The molecule has 0 bridgehead atoms. The second-order valence-corrected chi connectivity index (χ2v) is 6.18. The molecular weight excluding hydrogens is 200 g/mol. The predicted molar refractivity (Wildman–Crippen MR) is 59.4 cm³/mol. The van der Waals surface area contributed by atoms with Crippen molar-refractivity contribution in [2.45, 2.75) is 44.8 Å². The van der Waals surface area contributed by atoms with Crippen LogP contribution in [0.1, 0.15) is 26.7 Å². The maximum atomic E-state index is 11.5. The fraction of sp³-hybridized carbons (Fsp3) is 1.00. The van der Waals surface area contributed by atoms with Gasteiger partial charge in [-0.2, -0.15) is 0 Å². The molecule has 0 saturated carbocycles. The van der Waals surface area contributed by atoms with Gasteiger partial charge in [-0.25, -0.2) is 5.09 Å². The highest BCUT2D eigenvalue weighted by Crippen LogP contribution is 2.38. The van der Waals surface area contributed by atoms with Gasteiger partial charge in [-0.1, -0.05) is 13.8 Å². The van der Waals surface area contributed by atoms with Gasteiger partial charge in [-0.15, -0.1) is 0 Å². The van der Waals surface area contributed by atoms with Gasteiger partial charge in [-0.3, -0.25) is 4.57 Å². The molecule has 1 fully saturated rings. The number of ether oxygens (including phenoxy) is 1. The van der Waals surface area contributed by atoms with Gasteiger partial charge in [0.1, 0.15) is 7.85 Å². The van der Waals surface area contributed by atoms with Crippen LogP contribution >= 0.6 is 7.52 Å². The number of hydrogen-bond donors (Lipinski definition) is 2. The van der Waals surface area contributed by atoms with Crippen LogP contribution in [0.5, 0.6) is 0 Å². The molecular formula is C8H19BNO3P. The molecule has 2 unspecified atom stereocenters. The first-order chi connectivity index (χ1) is 6.48. The topological polar surface area (TPSA) is 58.6 Å². The molecule has 1 aliphatic rings. The molecule has 14 heavy (non-hydrogen) atoms. The largest absolute Gasteiger partial charge is 0.382 e. The quantitative estimate of drug-likeness (QED) is 0.527. The molecule has 2 N–H and O–H groups in total. The van der Waals surface area contributed by atoms with Gasteiger partial charge in [0.25, 0.3) is 7.52 Å². The first kappa shape index (κ1) is 12.2. The van der Waals surface area contributed by atoms with Gasteiger partial charge in [0.2, 0.25) is 0 Å². The van der Waals surface area contributed by atoms with Gasteiger partial charge < -0.3 is 9.63 Å². The summed E-state index contributed by atoms with van der Waals surface area (Å²) in [6.45, 7) is 3.75.